The minimum atomic E-state index is -0.959. The number of alkyl carbamates (subject to hydrolysis) is 1. The number of nitrogens with one attached hydrogen (secondary N) is 3. The molecule has 0 aliphatic carbocycles. The maximum atomic E-state index is 13.0. The molecular formula is C14H19F2N3O2S. The van der Waals surface area contributed by atoms with Crippen molar-refractivity contribution >= 4 is 29.1 Å². The largest absolute Gasteiger partial charge is 0.444 e. The summed E-state index contributed by atoms with van der Waals surface area (Å²) in [6.45, 7) is 5.96. The molecule has 0 aliphatic heterocycles. The average molecular weight is 331 g/mol. The summed E-state index contributed by atoms with van der Waals surface area (Å²) in [5, 5.41) is 8.31. The number of benzene rings is 1. The number of thiocarbonyl (C=S) groups is 1. The van der Waals surface area contributed by atoms with Crippen molar-refractivity contribution in [1.82, 2.24) is 10.6 Å². The Kier molecular flexibility index (Phi) is 6.48. The Labute approximate surface area is 133 Å². The molecular weight excluding hydrogens is 312 g/mol. The first-order chi connectivity index (χ1) is 10.2. The maximum Gasteiger partial charge on any atom is 0.407 e. The van der Waals surface area contributed by atoms with E-state index in [-0.39, 0.29) is 5.11 Å². The number of carbonyl (C=O) groups excluding carboxylic acids is 1. The molecule has 22 heavy (non-hydrogen) atoms. The number of rotatable bonds is 4. The molecule has 0 atom stereocenters. The van der Waals surface area contributed by atoms with E-state index in [1.807, 2.05) is 0 Å². The second-order valence-electron chi connectivity index (χ2n) is 5.44. The van der Waals surface area contributed by atoms with Crippen LogP contribution in [0.25, 0.3) is 0 Å². The fourth-order valence-corrected chi connectivity index (χ4v) is 1.62. The van der Waals surface area contributed by atoms with Crippen LogP contribution in [0.1, 0.15) is 20.8 Å². The Bertz CT molecular complexity index is 547. The standard InChI is InChI=1S/C14H19F2N3O2S/c1-14(2,3)21-13(20)18-7-6-17-12(22)19-9-4-5-10(15)11(16)8-9/h4-5,8H,6-7H2,1-3H3,(H,18,20)(H2,17,19,22). The predicted octanol–water partition coefficient (Wildman–Crippen LogP) is 2.78. The van der Waals surface area contributed by atoms with Crippen molar-refractivity contribution in [2.45, 2.75) is 26.4 Å². The monoisotopic (exact) mass is 331 g/mol. The summed E-state index contributed by atoms with van der Waals surface area (Å²) in [6.07, 6.45) is -0.520. The molecule has 0 spiro atoms. The van der Waals surface area contributed by atoms with E-state index in [0.717, 1.165) is 12.1 Å². The quantitative estimate of drug-likeness (QED) is 0.585. The molecule has 1 aromatic carbocycles. The first kappa shape index (κ1) is 18.1. The summed E-state index contributed by atoms with van der Waals surface area (Å²) in [5.41, 5.74) is -0.224. The highest BCUT2D eigenvalue weighted by atomic mass is 32.1. The first-order valence-corrected chi connectivity index (χ1v) is 7.05. The molecule has 0 fully saturated rings. The lowest BCUT2D eigenvalue weighted by atomic mass is 10.2. The van der Waals surface area contributed by atoms with E-state index in [1.54, 1.807) is 20.8 Å². The van der Waals surface area contributed by atoms with Crippen LogP contribution in [0.2, 0.25) is 0 Å². The molecule has 0 heterocycles. The van der Waals surface area contributed by atoms with E-state index in [2.05, 4.69) is 16.0 Å². The summed E-state index contributed by atoms with van der Waals surface area (Å²) in [5.74, 6) is -1.88. The van der Waals surface area contributed by atoms with Gasteiger partial charge in [-0.3, -0.25) is 0 Å². The van der Waals surface area contributed by atoms with Crippen LogP contribution in [0, 0.1) is 11.6 Å². The predicted molar refractivity (Wildman–Crippen MR) is 84.8 cm³/mol. The molecule has 0 saturated carbocycles. The summed E-state index contributed by atoms with van der Waals surface area (Å²) >= 11 is 5.00. The lowest BCUT2D eigenvalue weighted by molar-refractivity contribution is 0.0529. The summed E-state index contributed by atoms with van der Waals surface area (Å²) in [7, 11) is 0. The van der Waals surface area contributed by atoms with Gasteiger partial charge in [0.2, 0.25) is 0 Å². The van der Waals surface area contributed by atoms with Gasteiger partial charge in [0, 0.05) is 24.8 Å². The highest BCUT2D eigenvalue weighted by Gasteiger charge is 2.15. The van der Waals surface area contributed by atoms with Gasteiger partial charge in [0.15, 0.2) is 16.7 Å². The molecule has 0 aliphatic rings. The second-order valence-corrected chi connectivity index (χ2v) is 5.85. The third-order valence-corrected chi connectivity index (χ3v) is 2.50. The number of halogens is 2. The number of anilines is 1. The van der Waals surface area contributed by atoms with Crippen molar-refractivity contribution in [2.75, 3.05) is 18.4 Å². The highest BCUT2D eigenvalue weighted by molar-refractivity contribution is 7.80. The van der Waals surface area contributed by atoms with Crippen LogP contribution in [0.3, 0.4) is 0 Å². The van der Waals surface area contributed by atoms with Crippen LogP contribution in [-0.4, -0.2) is 29.9 Å². The zero-order valence-electron chi connectivity index (χ0n) is 12.6. The number of hydrogen-bond acceptors (Lipinski definition) is 3. The zero-order chi connectivity index (χ0) is 16.8. The maximum absolute atomic E-state index is 13.0. The number of carbonyl (C=O) groups is 1. The number of ether oxygens (including phenoxy) is 1. The van der Waals surface area contributed by atoms with Gasteiger partial charge >= 0.3 is 6.09 Å². The molecule has 0 saturated heterocycles. The molecule has 0 bridgehead atoms. The Hall–Kier alpha value is -1.96. The Balaban J connectivity index is 2.26. The molecule has 0 aromatic heterocycles. The van der Waals surface area contributed by atoms with Crippen LogP contribution < -0.4 is 16.0 Å². The Morgan fingerprint density at radius 1 is 1.18 bits per heavy atom. The summed E-state index contributed by atoms with van der Waals surface area (Å²) in [6, 6.07) is 3.37. The minimum absolute atomic E-state index is 0.233. The van der Waals surface area contributed by atoms with Crippen molar-refractivity contribution in [3.05, 3.63) is 29.8 Å². The van der Waals surface area contributed by atoms with Gasteiger partial charge in [-0.05, 0) is 45.1 Å². The first-order valence-electron chi connectivity index (χ1n) is 6.64. The van der Waals surface area contributed by atoms with Gasteiger partial charge in [-0.1, -0.05) is 0 Å². The Morgan fingerprint density at radius 3 is 2.41 bits per heavy atom. The number of amides is 1. The van der Waals surface area contributed by atoms with Crippen LogP contribution in [-0.2, 0) is 4.74 Å². The molecule has 1 rings (SSSR count). The topological polar surface area (TPSA) is 62.4 Å². The van der Waals surface area contributed by atoms with Crippen LogP contribution >= 0.6 is 12.2 Å². The summed E-state index contributed by atoms with van der Waals surface area (Å²) in [4.78, 5) is 11.4. The fraction of sp³-hybridized carbons (Fsp3) is 0.429. The van der Waals surface area contributed by atoms with E-state index in [9.17, 15) is 13.6 Å². The second kappa shape index (κ2) is 7.88. The van der Waals surface area contributed by atoms with Gasteiger partial charge in [0.25, 0.3) is 0 Å². The molecule has 8 heteroatoms. The third-order valence-electron chi connectivity index (χ3n) is 2.26. The van der Waals surface area contributed by atoms with E-state index >= 15 is 0 Å². The van der Waals surface area contributed by atoms with E-state index in [0.29, 0.717) is 18.8 Å². The highest BCUT2D eigenvalue weighted by Crippen LogP contribution is 2.12. The van der Waals surface area contributed by atoms with Gasteiger partial charge in [-0.25, -0.2) is 13.6 Å². The van der Waals surface area contributed by atoms with Gasteiger partial charge in [0.05, 0.1) is 0 Å². The smallest absolute Gasteiger partial charge is 0.407 e. The zero-order valence-corrected chi connectivity index (χ0v) is 13.4. The van der Waals surface area contributed by atoms with Crippen LogP contribution in [0.4, 0.5) is 19.3 Å². The fourth-order valence-electron chi connectivity index (χ4n) is 1.40. The summed E-state index contributed by atoms with van der Waals surface area (Å²) < 4.78 is 30.9. The molecule has 1 aromatic rings. The SMILES string of the molecule is CC(C)(C)OC(=O)NCCNC(=S)Nc1ccc(F)c(F)c1. The molecule has 0 unspecified atom stereocenters. The van der Waals surface area contributed by atoms with E-state index in [4.69, 9.17) is 17.0 Å². The minimum Gasteiger partial charge on any atom is -0.444 e. The lowest BCUT2D eigenvalue weighted by Crippen LogP contribution is -2.39. The van der Waals surface area contributed by atoms with Crippen molar-refractivity contribution in [2.24, 2.45) is 0 Å². The van der Waals surface area contributed by atoms with E-state index in [1.165, 1.54) is 6.07 Å². The van der Waals surface area contributed by atoms with Crippen molar-refractivity contribution in [3.8, 4) is 0 Å². The molecule has 1 amide bonds. The lowest BCUT2D eigenvalue weighted by Gasteiger charge is -2.19. The molecule has 0 radical (unpaired) electrons. The molecule has 3 N–H and O–H groups in total. The molecule has 5 nitrogen and oxygen atoms in total. The van der Waals surface area contributed by atoms with Crippen molar-refractivity contribution in [1.29, 1.82) is 0 Å². The Morgan fingerprint density at radius 2 is 1.82 bits per heavy atom. The van der Waals surface area contributed by atoms with Crippen LogP contribution in [0.15, 0.2) is 18.2 Å². The van der Waals surface area contributed by atoms with E-state index < -0.39 is 23.3 Å². The normalized spacial score (nSPS) is 10.8. The van der Waals surface area contributed by atoms with Gasteiger partial charge in [-0.2, -0.15) is 0 Å². The van der Waals surface area contributed by atoms with Gasteiger partial charge in [0.1, 0.15) is 5.60 Å². The average Bonchev–Trinajstić information content (AvgIpc) is 2.37. The van der Waals surface area contributed by atoms with Crippen LogP contribution in [0.5, 0.6) is 0 Å². The third kappa shape index (κ3) is 7.16. The number of hydrogen-bond donors (Lipinski definition) is 3. The van der Waals surface area contributed by atoms with Gasteiger partial charge in [-0.15, -0.1) is 0 Å². The molecule has 122 valence electrons. The van der Waals surface area contributed by atoms with Crippen molar-refractivity contribution in [3.63, 3.8) is 0 Å². The van der Waals surface area contributed by atoms with Crippen molar-refractivity contribution < 1.29 is 18.3 Å². The van der Waals surface area contributed by atoms with Gasteiger partial charge < -0.3 is 20.7 Å².